The van der Waals surface area contributed by atoms with Gasteiger partial charge in [-0.1, -0.05) is 114 Å². The molecule has 0 fully saturated rings. The van der Waals surface area contributed by atoms with Crippen LogP contribution in [0.1, 0.15) is 29.5 Å². The number of alkyl carbamates (subject to hydrolysis) is 2. The smallest absolute Gasteiger partial charge is 0.416 e. The van der Waals surface area contributed by atoms with Gasteiger partial charge < -0.3 is 19.5 Å². The molecule has 0 heterocycles. The Kier molecular flexibility index (Phi) is 14.0. The Morgan fingerprint density at radius 3 is 1.67 bits per heavy atom. The predicted molar refractivity (Wildman–Crippen MR) is 168 cm³/mol. The average Bonchev–Trinajstić information content (AvgIpc) is 3.04. The predicted octanol–water partition coefficient (Wildman–Crippen LogP) is 5.57. The first-order chi connectivity index (χ1) is 20.9. The third kappa shape index (κ3) is 12.1. The van der Waals surface area contributed by atoms with Gasteiger partial charge in [-0.05, 0) is 29.5 Å². The zero-order valence-electron chi connectivity index (χ0n) is 23.4. The highest BCUT2D eigenvalue weighted by atomic mass is 127. The summed E-state index contributed by atoms with van der Waals surface area (Å²) in [6, 6.07) is 26.2. The molecular formula is C31H33IN4O7. The number of hydrogen-bond donors (Lipinski definition) is 3. The van der Waals surface area contributed by atoms with Crippen molar-refractivity contribution < 1.29 is 33.4 Å². The van der Waals surface area contributed by atoms with Crippen LogP contribution in [0.2, 0.25) is 0 Å². The molecule has 0 aliphatic heterocycles. The molecule has 11 nitrogen and oxygen atoms in total. The first kappa shape index (κ1) is 33.0. The SMILES string of the molecule is N=C(NC(=O)OCc1ccccc1)N(CCC[C@H](NC(=O)OCc1ccccc1)C(=O)CI)C(=O)OCc1ccccc1. The molecule has 3 aromatic rings. The molecular weight excluding hydrogens is 667 g/mol. The molecule has 3 amide bonds. The normalized spacial score (nSPS) is 11.0. The molecule has 3 rings (SSSR count). The van der Waals surface area contributed by atoms with Crippen LogP contribution in [0.25, 0.3) is 0 Å². The number of rotatable bonds is 13. The van der Waals surface area contributed by atoms with Gasteiger partial charge in [-0.2, -0.15) is 0 Å². The van der Waals surface area contributed by atoms with Crippen LogP contribution in [-0.4, -0.2) is 51.9 Å². The molecule has 0 saturated carbocycles. The van der Waals surface area contributed by atoms with E-state index in [0.717, 1.165) is 21.6 Å². The van der Waals surface area contributed by atoms with E-state index < -0.39 is 30.3 Å². The number of carbonyl (C=O) groups excluding carboxylic acids is 4. The minimum atomic E-state index is -0.921. The molecule has 0 aliphatic carbocycles. The second-order valence-electron chi connectivity index (χ2n) is 9.23. The quantitative estimate of drug-likeness (QED) is 0.0695. The number of ether oxygens (including phenoxy) is 3. The third-order valence-corrected chi connectivity index (χ3v) is 6.78. The fourth-order valence-electron chi connectivity index (χ4n) is 3.78. The lowest BCUT2D eigenvalue weighted by Crippen LogP contribution is -2.48. The number of amides is 3. The van der Waals surface area contributed by atoms with Crippen molar-refractivity contribution >= 4 is 52.6 Å². The van der Waals surface area contributed by atoms with Gasteiger partial charge in [0, 0.05) is 6.54 Å². The lowest BCUT2D eigenvalue weighted by atomic mass is 10.1. The van der Waals surface area contributed by atoms with E-state index in [1.54, 1.807) is 48.5 Å². The van der Waals surface area contributed by atoms with Gasteiger partial charge in [0.15, 0.2) is 5.78 Å². The van der Waals surface area contributed by atoms with Gasteiger partial charge in [0.2, 0.25) is 5.96 Å². The lowest BCUT2D eigenvalue weighted by Gasteiger charge is -2.24. The number of guanidine groups is 1. The molecule has 3 aromatic carbocycles. The average molecular weight is 701 g/mol. The Bertz CT molecular complexity index is 1340. The summed E-state index contributed by atoms with van der Waals surface area (Å²) in [7, 11) is 0. The number of alkyl halides is 1. The topological polar surface area (TPSA) is 147 Å². The first-order valence-corrected chi connectivity index (χ1v) is 15.0. The molecule has 12 heteroatoms. The van der Waals surface area contributed by atoms with Gasteiger partial charge in [-0.3, -0.25) is 15.5 Å². The zero-order chi connectivity index (χ0) is 30.9. The Hall–Kier alpha value is -4.46. The molecule has 0 spiro atoms. The van der Waals surface area contributed by atoms with Crippen molar-refractivity contribution in [3.63, 3.8) is 0 Å². The Balaban J connectivity index is 1.58. The summed E-state index contributed by atoms with van der Waals surface area (Å²) in [6.07, 6.45) is -2.20. The molecule has 1 atom stereocenters. The van der Waals surface area contributed by atoms with Crippen molar-refractivity contribution in [2.45, 2.75) is 38.7 Å². The highest BCUT2D eigenvalue weighted by Crippen LogP contribution is 2.09. The summed E-state index contributed by atoms with van der Waals surface area (Å²) in [5, 5.41) is 13.2. The number of nitrogens with one attached hydrogen (secondary N) is 3. The Morgan fingerprint density at radius 2 is 1.19 bits per heavy atom. The number of nitrogens with zero attached hydrogens (tertiary/aromatic N) is 1. The van der Waals surface area contributed by atoms with E-state index in [1.807, 2.05) is 65.1 Å². The maximum Gasteiger partial charge on any atom is 0.416 e. The van der Waals surface area contributed by atoms with Gasteiger partial charge in [-0.25, -0.2) is 19.3 Å². The minimum absolute atomic E-state index is 0.0233. The molecule has 0 bridgehead atoms. The molecule has 3 N–H and O–H groups in total. The number of benzene rings is 3. The van der Waals surface area contributed by atoms with Crippen LogP contribution in [0.5, 0.6) is 0 Å². The number of Topliss-reactive ketones (excluding diaryl/α,β-unsaturated/α-hetero) is 1. The van der Waals surface area contributed by atoms with Crippen LogP contribution in [0.3, 0.4) is 0 Å². The third-order valence-electron chi connectivity index (χ3n) is 6.03. The van der Waals surface area contributed by atoms with Crippen LogP contribution >= 0.6 is 22.6 Å². The van der Waals surface area contributed by atoms with Crippen LogP contribution < -0.4 is 10.6 Å². The maximum absolute atomic E-state index is 13.0. The highest BCUT2D eigenvalue weighted by Gasteiger charge is 2.25. The standard InChI is InChI=1S/C31H33IN4O7/c32-19-27(37)26(34-29(38)41-20-23-11-4-1-5-12-23)17-10-18-36(31(40)43-22-25-15-8-3-9-16-25)28(33)35-30(39)42-21-24-13-6-2-7-14-24/h1-9,11-16,26H,10,17-22H2,(H,34,38)(H2,33,35,39)/t26-/m0/s1. The van der Waals surface area contributed by atoms with Crippen molar-refractivity contribution in [1.82, 2.24) is 15.5 Å². The molecule has 226 valence electrons. The van der Waals surface area contributed by atoms with E-state index in [9.17, 15) is 19.2 Å². The fourth-order valence-corrected chi connectivity index (χ4v) is 4.31. The number of halogens is 1. The summed E-state index contributed by atoms with van der Waals surface area (Å²) in [5.74, 6) is -0.781. The van der Waals surface area contributed by atoms with Crippen molar-refractivity contribution in [3.05, 3.63) is 108 Å². The van der Waals surface area contributed by atoms with Crippen molar-refractivity contribution in [1.29, 1.82) is 5.41 Å². The van der Waals surface area contributed by atoms with E-state index >= 15 is 0 Å². The summed E-state index contributed by atoms with van der Waals surface area (Å²) in [6.45, 7) is -0.115. The van der Waals surface area contributed by atoms with Crippen LogP contribution in [-0.2, 0) is 38.8 Å². The molecule has 0 aliphatic rings. The van der Waals surface area contributed by atoms with E-state index in [0.29, 0.717) is 0 Å². The molecule has 0 aromatic heterocycles. The van der Waals surface area contributed by atoms with Crippen LogP contribution in [0.4, 0.5) is 14.4 Å². The lowest BCUT2D eigenvalue weighted by molar-refractivity contribution is -0.118. The summed E-state index contributed by atoms with van der Waals surface area (Å²) >= 11 is 1.91. The van der Waals surface area contributed by atoms with E-state index in [4.69, 9.17) is 19.6 Å². The van der Waals surface area contributed by atoms with Crippen molar-refractivity contribution in [2.24, 2.45) is 0 Å². The summed E-state index contributed by atoms with van der Waals surface area (Å²) < 4.78 is 15.9. The largest absolute Gasteiger partial charge is 0.445 e. The molecule has 43 heavy (non-hydrogen) atoms. The van der Waals surface area contributed by atoms with Crippen LogP contribution in [0.15, 0.2) is 91.0 Å². The Morgan fingerprint density at radius 1 is 0.721 bits per heavy atom. The molecule has 0 radical (unpaired) electrons. The monoisotopic (exact) mass is 700 g/mol. The number of ketones is 1. The summed E-state index contributed by atoms with van der Waals surface area (Å²) in [4.78, 5) is 51.3. The van der Waals surface area contributed by atoms with Crippen LogP contribution in [0, 0.1) is 5.41 Å². The van der Waals surface area contributed by atoms with Gasteiger partial charge in [0.1, 0.15) is 19.8 Å². The van der Waals surface area contributed by atoms with E-state index in [1.165, 1.54) is 0 Å². The minimum Gasteiger partial charge on any atom is -0.445 e. The zero-order valence-corrected chi connectivity index (χ0v) is 25.5. The molecule has 0 unspecified atom stereocenters. The second kappa shape index (κ2) is 18.2. The number of hydrogen-bond acceptors (Lipinski definition) is 8. The van der Waals surface area contributed by atoms with Crippen molar-refractivity contribution in [2.75, 3.05) is 11.0 Å². The van der Waals surface area contributed by atoms with Gasteiger partial charge in [0.05, 0.1) is 10.5 Å². The van der Waals surface area contributed by atoms with E-state index in [2.05, 4.69) is 10.6 Å². The van der Waals surface area contributed by atoms with Crippen molar-refractivity contribution in [3.8, 4) is 0 Å². The first-order valence-electron chi connectivity index (χ1n) is 13.5. The summed E-state index contributed by atoms with van der Waals surface area (Å²) in [5.41, 5.74) is 2.29. The Labute approximate surface area is 263 Å². The van der Waals surface area contributed by atoms with E-state index in [-0.39, 0.29) is 49.4 Å². The second-order valence-corrected chi connectivity index (χ2v) is 9.99. The fraction of sp³-hybridized carbons (Fsp3) is 0.258. The highest BCUT2D eigenvalue weighted by molar-refractivity contribution is 14.1. The molecule has 0 saturated heterocycles. The van der Waals surface area contributed by atoms with Gasteiger partial charge in [0.25, 0.3) is 0 Å². The van der Waals surface area contributed by atoms with Gasteiger partial charge >= 0.3 is 18.3 Å². The van der Waals surface area contributed by atoms with Gasteiger partial charge in [-0.15, -0.1) is 0 Å². The number of carbonyl (C=O) groups is 4. The maximum atomic E-state index is 13.0.